The van der Waals surface area contributed by atoms with Gasteiger partial charge in [0.15, 0.2) is 0 Å². The fraction of sp³-hybridized carbons (Fsp3) is 0.333. The molecule has 24 heavy (non-hydrogen) atoms. The number of hydrogen-bond acceptors (Lipinski definition) is 3. The Kier molecular flexibility index (Phi) is 4.73. The smallest absolute Gasteiger partial charge is 0.127 e. The summed E-state index contributed by atoms with van der Waals surface area (Å²) in [6.45, 7) is 6.65. The van der Waals surface area contributed by atoms with Crippen molar-refractivity contribution in [2.24, 2.45) is 0 Å². The van der Waals surface area contributed by atoms with E-state index in [0.717, 1.165) is 22.3 Å². The molecule has 0 fully saturated rings. The maximum absolute atomic E-state index is 11.3. The first-order chi connectivity index (χ1) is 11.4. The van der Waals surface area contributed by atoms with E-state index in [2.05, 4.69) is 44.7 Å². The van der Waals surface area contributed by atoms with Crippen molar-refractivity contribution in [3.05, 3.63) is 59.7 Å². The third-order valence-corrected chi connectivity index (χ3v) is 4.68. The van der Waals surface area contributed by atoms with Crippen LogP contribution in [-0.2, 0) is 9.78 Å². The van der Waals surface area contributed by atoms with Crippen LogP contribution in [0.3, 0.4) is 0 Å². The summed E-state index contributed by atoms with van der Waals surface area (Å²) in [6, 6.07) is 16.0. The van der Waals surface area contributed by atoms with Crippen LogP contribution in [-0.4, -0.2) is 16.5 Å². The minimum Gasteiger partial charge on any atom is -0.379 e. The molecule has 124 valence electrons. The van der Waals surface area contributed by atoms with E-state index in [9.17, 15) is 5.11 Å². The fourth-order valence-corrected chi connectivity index (χ4v) is 3.44. The molecule has 0 spiro atoms. The predicted molar refractivity (Wildman–Crippen MR) is 101 cm³/mol. The van der Waals surface area contributed by atoms with Gasteiger partial charge in [0.25, 0.3) is 0 Å². The van der Waals surface area contributed by atoms with E-state index >= 15 is 0 Å². The number of benzene rings is 2. The Labute approximate surface area is 148 Å². The molecule has 3 heteroatoms. The highest BCUT2D eigenvalue weighted by molar-refractivity contribution is 7.96. The minimum absolute atomic E-state index is 0.0587. The topological polar surface area (TPSA) is 29.5 Å². The van der Waals surface area contributed by atoms with Crippen LogP contribution in [0.4, 0.5) is 0 Å². The summed E-state index contributed by atoms with van der Waals surface area (Å²) in [4.78, 5) is 0. The first-order valence-corrected chi connectivity index (χ1v) is 8.84. The number of rotatable bonds is 3. The van der Waals surface area contributed by atoms with E-state index in [1.165, 1.54) is 12.0 Å². The zero-order valence-corrected chi connectivity index (χ0v) is 15.1. The van der Waals surface area contributed by atoms with E-state index in [-0.39, 0.29) is 4.75 Å². The van der Waals surface area contributed by atoms with Gasteiger partial charge in [0.1, 0.15) is 12.2 Å². The standard InChI is InChI=1S/C21H22O2S/c1-20(2,3)24-23-15-9-8-14-21(22)18-12-6-4-10-16(18)17-11-5-7-13-19(17)21/h4-7,10-13,22H,14-15H2,1-3H3. The Morgan fingerprint density at radius 1 is 0.958 bits per heavy atom. The fourth-order valence-electron chi connectivity index (χ4n) is 2.97. The highest BCUT2D eigenvalue weighted by atomic mass is 32.2. The van der Waals surface area contributed by atoms with Gasteiger partial charge < -0.3 is 9.29 Å². The van der Waals surface area contributed by atoms with Crippen LogP contribution < -0.4 is 0 Å². The average Bonchev–Trinajstić information content (AvgIpc) is 2.81. The molecule has 0 atom stereocenters. The molecule has 0 unspecified atom stereocenters. The summed E-state index contributed by atoms with van der Waals surface area (Å²) in [5, 5.41) is 11.3. The van der Waals surface area contributed by atoms with Gasteiger partial charge in [-0.3, -0.25) is 0 Å². The Hall–Kier alpha value is -1.73. The van der Waals surface area contributed by atoms with Crippen LogP contribution in [0.15, 0.2) is 48.5 Å². The summed E-state index contributed by atoms with van der Waals surface area (Å²) in [6.07, 6.45) is 0.366. The largest absolute Gasteiger partial charge is 0.379 e. The Morgan fingerprint density at radius 3 is 2.04 bits per heavy atom. The van der Waals surface area contributed by atoms with Crippen LogP contribution in [0.5, 0.6) is 0 Å². The first-order valence-electron chi connectivity index (χ1n) is 8.10. The van der Waals surface area contributed by atoms with Gasteiger partial charge in [-0.05, 0) is 55.1 Å². The molecule has 0 amide bonds. The van der Waals surface area contributed by atoms with E-state index in [4.69, 9.17) is 4.18 Å². The zero-order valence-electron chi connectivity index (χ0n) is 14.3. The Balaban J connectivity index is 1.78. The third-order valence-electron chi connectivity index (χ3n) is 3.94. The number of hydrogen-bond donors (Lipinski definition) is 1. The van der Waals surface area contributed by atoms with Crippen LogP contribution in [0.25, 0.3) is 11.1 Å². The molecule has 0 heterocycles. The molecular weight excluding hydrogens is 316 g/mol. The van der Waals surface area contributed by atoms with Crippen molar-refractivity contribution in [2.45, 2.75) is 37.5 Å². The molecule has 1 aliphatic carbocycles. The zero-order chi connectivity index (χ0) is 17.2. The average molecular weight is 338 g/mol. The van der Waals surface area contributed by atoms with Crippen molar-refractivity contribution >= 4 is 12.0 Å². The van der Waals surface area contributed by atoms with Crippen molar-refractivity contribution in [2.75, 3.05) is 6.61 Å². The summed E-state index contributed by atoms with van der Waals surface area (Å²) >= 11 is 1.43. The van der Waals surface area contributed by atoms with Gasteiger partial charge in [0.05, 0.1) is 0 Å². The van der Waals surface area contributed by atoms with Gasteiger partial charge in [0, 0.05) is 11.2 Å². The SMILES string of the molecule is CC(C)(C)SOCC#CCC1(O)c2ccccc2-c2ccccc21. The molecule has 2 aromatic rings. The second-order valence-electron chi connectivity index (χ2n) is 6.94. The molecule has 0 bridgehead atoms. The minimum atomic E-state index is -1.04. The quantitative estimate of drug-likeness (QED) is 0.497. The van der Waals surface area contributed by atoms with Crippen molar-refractivity contribution < 1.29 is 9.29 Å². The molecule has 0 aromatic heterocycles. The van der Waals surface area contributed by atoms with Crippen molar-refractivity contribution in [3.63, 3.8) is 0 Å². The molecule has 2 aromatic carbocycles. The summed E-state index contributed by atoms with van der Waals surface area (Å²) in [5.41, 5.74) is 3.02. The van der Waals surface area contributed by atoms with E-state index in [1.807, 2.05) is 36.4 Å². The van der Waals surface area contributed by atoms with Gasteiger partial charge in [-0.15, -0.1) is 0 Å². The highest BCUT2D eigenvalue weighted by Gasteiger charge is 2.40. The van der Waals surface area contributed by atoms with Crippen LogP contribution in [0.1, 0.15) is 38.3 Å². The van der Waals surface area contributed by atoms with Crippen LogP contribution in [0.2, 0.25) is 0 Å². The van der Waals surface area contributed by atoms with E-state index in [1.54, 1.807) is 0 Å². The van der Waals surface area contributed by atoms with Crippen molar-refractivity contribution in [1.82, 2.24) is 0 Å². The second kappa shape index (κ2) is 6.64. The first kappa shape index (κ1) is 17.1. The van der Waals surface area contributed by atoms with Crippen LogP contribution in [0, 0.1) is 11.8 Å². The van der Waals surface area contributed by atoms with E-state index < -0.39 is 5.60 Å². The van der Waals surface area contributed by atoms with Crippen molar-refractivity contribution in [3.8, 4) is 23.0 Å². The summed E-state index contributed by atoms with van der Waals surface area (Å²) in [5.74, 6) is 6.12. The van der Waals surface area contributed by atoms with Gasteiger partial charge in [-0.2, -0.15) is 0 Å². The lowest BCUT2D eigenvalue weighted by molar-refractivity contribution is 0.0914. The molecule has 2 nitrogen and oxygen atoms in total. The van der Waals surface area contributed by atoms with E-state index in [0.29, 0.717) is 13.0 Å². The Bertz CT molecular complexity index is 748. The monoisotopic (exact) mass is 338 g/mol. The normalized spacial score (nSPS) is 14.5. The van der Waals surface area contributed by atoms with Gasteiger partial charge in [0.2, 0.25) is 0 Å². The summed E-state index contributed by atoms with van der Waals surface area (Å²) < 4.78 is 5.55. The molecule has 1 N–H and O–H groups in total. The molecule has 0 saturated carbocycles. The molecule has 1 aliphatic rings. The maximum Gasteiger partial charge on any atom is 0.127 e. The molecular formula is C21H22O2S. The van der Waals surface area contributed by atoms with Gasteiger partial charge in [-0.1, -0.05) is 60.4 Å². The van der Waals surface area contributed by atoms with Gasteiger partial charge in [-0.25, -0.2) is 0 Å². The van der Waals surface area contributed by atoms with Gasteiger partial charge >= 0.3 is 0 Å². The lowest BCUT2D eigenvalue weighted by atomic mass is 9.88. The molecule has 0 saturated heterocycles. The summed E-state index contributed by atoms with van der Waals surface area (Å²) in [7, 11) is 0. The lowest BCUT2D eigenvalue weighted by Crippen LogP contribution is -2.23. The second-order valence-corrected chi connectivity index (χ2v) is 8.57. The molecule has 0 aliphatic heterocycles. The number of aliphatic hydroxyl groups is 1. The maximum atomic E-state index is 11.3. The Morgan fingerprint density at radius 2 is 1.50 bits per heavy atom. The van der Waals surface area contributed by atoms with Crippen LogP contribution >= 0.6 is 12.0 Å². The van der Waals surface area contributed by atoms with Crippen molar-refractivity contribution in [1.29, 1.82) is 0 Å². The highest BCUT2D eigenvalue weighted by Crippen LogP contribution is 2.48. The third kappa shape index (κ3) is 3.37. The molecule has 0 radical (unpaired) electrons. The number of fused-ring (bicyclic) bond motifs is 3. The predicted octanol–water partition coefficient (Wildman–Crippen LogP) is 4.76. The lowest BCUT2D eigenvalue weighted by Gasteiger charge is -2.23. The molecule has 3 rings (SSSR count).